The van der Waals surface area contributed by atoms with E-state index in [0.717, 1.165) is 22.0 Å². The summed E-state index contributed by atoms with van der Waals surface area (Å²) >= 11 is 0. The number of carbonyl (C=O) groups is 1. The maximum atomic E-state index is 12.3. The number of amides is 1. The summed E-state index contributed by atoms with van der Waals surface area (Å²) in [6.07, 6.45) is 1.98. The molecule has 1 aliphatic heterocycles. The van der Waals surface area contributed by atoms with Gasteiger partial charge in [0.05, 0.1) is 0 Å². The molecule has 3 N–H and O–H groups in total. The average molecular weight is 278 g/mol. The van der Waals surface area contributed by atoms with Crippen LogP contribution in [0.4, 0.5) is 0 Å². The van der Waals surface area contributed by atoms with Crippen molar-refractivity contribution in [1.82, 2.24) is 10.3 Å². The van der Waals surface area contributed by atoms with Gasteiger partial charge in [0.1, 0.15) is 5.75 Å². The number of H-pyrrole nitrogens is 1. The van der Waals surface area contributed by atoms with Gasteiger partial charge in [-0.2, -0.15) is 0 Å². The van der Waals surface area contributed by atoms with Gasteiger partial charge in [-0.15, -0.1) is 0 Å². The van der Waals surface area contributed by atoms with Crippen molar-refractivity contribution < 1.29 is 9.90 Å². The normalized spacial score (nSPS) is 17.5. The highest BCUT2D eigenvalue weighted by Crippen LogP contribution is 2.34. The number of aromatic amines is 1. The number of rotatable bonds is 1. The lowest BCUT2D eigenvalue weighted by molar-refractivity contribution is 0.0956. The van der Waals surface area contributed by atoms with Crippen LogP contribution in [0.25, 0.3) is 10.9 Å². The number of phenolic OH excluding ortho intramolecular Hbond substituents is 1. The van der Waals surface area contributed by atoms with Gasteiger partial charge in [-0.1, -0.05) is 18.2 Å². The van der Waals surface area contributed by atoms with Crippen LogP contribution in [0, 0.1) is 0 Å². The molecule has 4 heteroatoms. The molecule has 21 heavy (non-hydrogen) atoms. The van der Waals surface area contributed by atoms with Crippen molar-refractivity contribution in [3.63, 3.8) is 0 Å². The van der Waals surface area contributed by atoms with Crippen LogP contribution >= 0.6 is 0 Å². The molecule has 1 aliphatic rings. The molecule has 0 fully saturated rings. The third-order valence-electron chi connectivity index (χ3n) is 4.12. The number of phenols is 1. The highest BCUT2D eigenvalue weighted by molar-refractivity contribution is 6.08. The second-order valence-electron chi connectivity index (χ2n) is 5.33. The van der Waals surface area contributed by atoms with Crippen LogP contribution in [0.3, 0.4) is 0 Å². The van der Waals surface area contributed by atoms with Gasteiger partial charge >= 0.3 is 0 Å². The summed E-state index contributed by atoms with van der Waals surface area (Å²) in [5.41, 5.74) is 3.88. The van der Waals surface area contributed by atoms with E-state index in [-0.39, 0.29) is 17.6 Å². The number of hydrogen-bond acceptors (Lipinski definition) is 2. The fourth-order valence-electron chi connectivity index (χ4n) is 3.08. The van der Waals surface area contributed by atoms with Gasteiger partial charge in [-0.25, -0.2) is 0 Å². The fraction of sp³-hybridized carbons (Fsp3) is 0.118. The third-order valence-corrected chi connectivity index (χ3v) is 4.12. The van der Waals surface area contributed by atoms with Gasteiger partial charge in [-0.3, -0.25) is 4.79 Å². The van der Waals surface area contributed by atoms with Crippen molar-refractivity contribution in [3.05, 3.63) is 65.4 Å². The van der Waals surface area contributed by atoms with Gasteiger partial charge < -0.3 is 15.4 Å². The molecule has 1 unspecified atom stereocenters. The Labute approximate surface area is 121 Å². The molecule has 0 saturated carbocycles. The Morgan fingerprint density at radius 3 is 2.71 bits per heavy atom. The SMILES string of the molecule is O=C1NCC(c2ccc(O)cc2)c2c[nH]c3cccc1c23. The minimum absolute atomic E-state index is 0.0391. The minimum atomic E-state index is -0.0391. The van der Waals surface area contributed by atoms with Crippen molar-refractivity contribution in [2.24, 2.45) is 0 Å². The summed E-state index contributed by atoms with van der Waals surface area (Å²) in [4.78, 5) is 15.5. The van der Waals surface area contributed by atoms with E-state index in [4.69, 9.17) is 0 Å². The average Bonchev–Trinajstić information content (AvgIpc) is 2.86. The van der Waals surface area contributed by atoms with E-state index in [1.165, 1.54) is 0 Å². The maximum Gasteiger partial charge on any atom is 0.252 e. The molecule has 2 aromatic carbocycles. The molecule has 1 atom stereocenters. The second-order valence-corrected chi connectivity index (χ2v) is 5.33. The fourth-order valence-corrected chi connectivity index (χ4v) is 3.08. The molecule has 4 nitrogen and oxygen atoms in total. The Hall–Kier alpha value is -2.75. The Morgan fingerprint density at radius 1 is 1.10 bits per heavy atom. The van der Waals surface area contributed by atoms with Crippen molar-refractivity contribution in [2.75, 3.05) is 6.54 Å². The third kappa shape index (κ3) is 1.80. The monoisotopic (exact) mass is 278 g/mol. The Kier molecular flexibility index (Phi) is 2.51. The lowest BCUT2D eigenvalue weighted by atomic mass is 9.91. The first kappa shape index (κ1) is 12.0. The molecule has 1 amide bonds. The van der Waals surface area contributed by atoms with Crippen LogP contribution in [0.1, 0.15) is 27.4 Å². The molecule has 104 valence electrons. The predicted octanol–water partition coefficient (Wildman–Crippen LogP) is 2.75. The van der Waals surface area contributed by atoms with Crippen LogP contribution < -0.4 is 5.32 Å². The van der Waals surface area contributed by atoms with E-state index in [0.29, 0.717) is 12.1 Å². The first-order valence-electron chi connectivity index (χ1n) is 6.91. The number of nitrogens with one attached hydrogen (secondary N) is 2. The Morgan fingerprint density at radius 2 is 1.90 bits per heavy atom. The molecule has 0 aliphatic carbocycles. The van der Waals surface area contributed by atoms with Crippen molar-refractivity contribution >= 4 is 16.8 Å². The molecule has 0 saturated heterocycles. The number of aromatic nitrogens is 1. The minimum Gasteiger partial charge on any atom is -0.508 e. The van der Waals surface area contributed by atoms with Crippen molar-refractivity contribution in [3.8, 4) is 5.75 Å². The van der Waals surface area contributed by atoms with E-state index >= 15 is 0 Å². The standard InChI is InChI=1S/C17H14N2O2/c20-11-6-4-10(5-7-11)13-8-19-17(21)12-2-1-3-15-16(12)14(13)9-18-15/h1-7,9,13,18,20H,8H2,(H,19,21). The van der Waals surface area contributed by atoms with Crippen LogP contribution in [0.15, 0.2) is 48.7 Å². The summed E-state index contributed by atoms with van der Waals surface area (Å²) in [5, 5.41) is 13.4. The van der Waals surface area contributed by atoms with E-state index in [1.807, 2.05) is 36.5 Å². The zero-order chi connectivity index (χ0) is 14.4. The number of carbonyl (C=O) groups excluding carboxylic acids is 1. The molecule has 1 aromatic heterocycles. The van der Waals surface area contributed by atoms with Crippen LogP contribution in [-0.4, -0.2) is 22.5 Å². The Bertz CT molecular complexity index is 834. The van der Waals surface area contributed by atoms with E-state index in [9.17, 15) is 9.90 Å². The summed E-state index contributed by atoms with van der Waals surface area (Å²) in [6, 6.07) is 12.9. The molecular weight excluding hydrogens is 264 g/mol. The van der Waals surface area contributed by atoms with Gasteiger partial charge in [0.2, 0.25) is 0 Å². The van der Waals surface area contributed by atoms with E-state index in [1.54, 1.807) is 12.1 Å². The van der Waals surface area contributed by atoms with Gasteiger partial charge in [-0.05, 0) is 35.4 Å². The molecule has 0 spiro atoms. The van der Waals surface area contributed by atoms with Gasteiger partial charge in [0, 0.05) is 35.1 Å². The first-order chi connectivity index (χ1) is 10.2. The quantitative estimate of drug-likeness (QED) is 0.641. The lowest BCUT2D eigenvalue weighted by Gasteiger charge is -2.15. The first-order valence-corrected chi connectivity index (χ1v) is 6.91. The van der Waals surface area contributed by atoms with Crippen LogP contribution in [0.5, 0.6) is 5.75 Å². The summed E-state index contributed by atoms with van der Waals surface area (Å²) in [6.45, 7) is 0.547. The summed E-state index contributed by atoms with van der Waals surface area (Å²) in [7, 11) is 0. The summed E-state index contributed by atoms with van der Waals surface area (Å²) < 4.78 is 0. The second kappa shape index (κ2) is 4.38. The smallest absolute Gasteiger partial charge is 0.252 e. The molecular formula is C17H14N2O2. The highest BCUT2D eigenvalue weighted by Gasteiger charge is 2.25. The molecule has 3 aromatic rings. The number of hydrogen-bond donors (Lipinski definition) is 3. The topological polar surface area (TPSA) is 65.1 Å². The molecule has 4 rings (SSSR count). The predicted molar refractivity (Wildman–Crippen MR) is 80.6 cm³/mol. The van der Waals surface area contributed by atoms with Gasteiger partial charge in [0.15, 0.2) is 0 Å². The summed E-state index contributed by atoms with van der Waals surface area (Å²) in [5.74, 6) is 0.283. The zero-order valence-corrected chi connectivity index (χ0v) is 11.3. The number of benzene rings is 2. The molecule has 0 bridgehead atoms. The van der Waals surface area contributed by atoms with Crippen molar-refractivity contribution in [1.29, 1.82) is 0 Å². The largest absolute Gasteiger partial charge is 0.508 e. The molecule has 0 radical (unpaired) electrons. The van der Waals surface area contributed by atoms with Crippen molar-refractivity contribution in [2.45, 2.75) is 5.92 Å². The van der Waals surface area contributed by atoms with Crippen LogP contribution in [0.2, 0.25) is 0 Å². The number of aromatic hydroxyl groups is 1. The van der Waals surface area contributed by atoms with Crippen LogP contribution in [-0.2, 0) is 0 Å². The van der Waals surface area contributed by atoms with E-state index < -0.39 is 0 Å². The van der Waals surface area contributed by atoms with E-state index in [2.05, 4.69) is 10.3 Å². The zero-order valence-electron chi connectivity index (χ0n) is 11.3. The van der Waals surface area contributed by atoms with Gasteiger partial charge in [0.25, 0.3) is 5.91 Å². The highest BCUT2D eigenvalue weighted by atomic mass is 16.3. The lowest BCUT2D eigenvalue weighted by Crippen LogP contribution is -2.26. The molecule has 2 heterocycles. The maximum absolute atomic E-state index is 12.3. The Balaban J connectivity index is 1.94.